The first kappa shape index (κ1) is 36.1. The Kier molecular flexibility index (Phi) is 20.1. The molecule has 39 heavy (non-hydrogen) atoms. The van der Waals surface area contributed by atoms with Crippen LogP contribution < -0.4 is 0 Å². The molecule has 0 radical (unpaired) electrons. The van der Waals surface area contributed by atoms with E-state index in [1.165, 1.54) is 0 Å². The molecular weight excluding hydrogens is 650 g/mol. The summed E-state index contributed by atoms with van der Waals surface area (Å²) in [6, 6.07) is 0. The number of esters is 1. The summed E-state index contributed by atoms with van der Waals surface area (Å²) < 4.78 is 43.4. The average Bonchev–Trinajstić information content (AvgIpc) is 3.08. The zero-order valence-electron chi connectivity index (χ0n) is 23.0. The third kappa shape index (κ3) is 16.8. The Hall–Kier alpha value is -0.970. The Morgan fingerprint density at radius 3 is 1.15 bits per heavy atom. The van der Waals surface area contributed by atoms with Crippen LogP contribution in [0.1, 0.15) is 20.8 Å². The first-order valence-electron chi connectivity index (χ1n) is 12.8. The number of ether oxygens (including phenoxy) is 8. The smallest absolute Gasteiger partial charge is 0.311 e. The molecule has 0 aromatic carbocycles. The molecule has 226 valence electrons. The largest absolute Gasteiger partial charge is 0.463 e. The average molecular weight is 691 g/mol. The van der Waals surface area contributed by atoms with Gasteiger partial charge in [0.1, 0.15) is 15.6 Å². The zero-order chi connectivity index (χ0) is 28.9. The van der Waals surface area contributed by atoms with Crippen LogP contribution in [0.4, 0.5) is 0 Å². The quantitative estimate of drug-likeness (QED) is 0.0839. The minimum Gasteiger partial charge on any atom is -0.463 e. The molecule has 12 nitrogen and oxygen atoms in total. The number of nitrogens with zero attached hydrogens (tertiary/aromatic N) is 1. The summed E-state index contributed by atoms with van der Waals surface area (Å²) in [5.41, 5.74) is -0.504. The maximum atomic E-state index is 11.9. The molecule has 1 aliphatic rings. The van der Waals surface area contributed by atoms with Gasteiger partial charge >= 0.3 is 5.97 Å². The summed E-state index contributed by atoms with van der Waals surface area (Å²) in [6.45, 7) is 11.6. The first-order chi connectivity index (χ1) is 18.7. The molecule has 0 N–H and O–H groups in total. The molecule has 1 heterocycles. The van der Waals surface area contributed by atoms with Gasteiger partial charge in [0, 0.05) is 0 Å². The van der Waals surface area contributed by atoms with Gasteiger partial charge < -0.3 is 37.9 Å². The fourth-order valence-corrected chi connectivity index (χ4v) is 3.47. The second kappa shape index (κ2) is 21.7. The Balaban J connectivity index is 1.73. The van der Waals surface area contributed by atoms with E-state index in [9.17, 15) is 14.4 Å². The molecule has 0 aliphatic carbocycles. The molecule has 1 rings (SSSR count). The first-order valence-corrected chi connectivity index (χ1v) is 14.4. The Morgan fingerprint density at radius 2 is 0.846 bits per heavy atom. The lowest BCUT2D eigenvalue weighted by Gasteiger charge is -2.16. The van der Waals surface area contributed by atoms with Crippen LogP contribution in [0, 0.1) is 5.41 Å². The van der Waals surface area contributed by atoms with Crippen molar-refractivity contribution in [2.45, 2.75) is 20.8 Å². The molecule has 0 atom stereocenters. The molecule has 14 heteroatoms. The van der Waals surface area contributed by atoms with Gasteiger partial charge in [-0.3, -0.25) is 19.3 Å². The highest BCUT2D eigenvalue weighted by Gasteiger charge is 2.35. The second-order valence-electron chi connectivity index (χ2n) is 9.06. The van der Waals surface area contributed by atoms with E-state index < -0.39 is 5.41 Å². The van der Waals surface area contributed by atoms with Crippen LogP contribution in [0.5, 0.6) is 0 Å². The Morgan fingerprint density at radius 1 is 0.564 bits per heavy atom. The summed E-state index contributed by atoms with van der Waals surface area (Å²) >= 11 is 6.16. The molecule has 0 bridgehead atoms. The van der Waals surface area contributed by atoms with Crippen molar-refractivity contribution in [1.29, 1.82) is 0 Å². The normalized spacial score (nSPS) is 14.1. The fraction of sp³-hybridized carbons (Fsp3) is 0.800. The van der Waals surface area contributed by atoms with Crippen molar-refractivity contribution in [3.8, 4) is 0 Å². The van der Waals surface area contributed by atoms with Crippen LogP contribution in [0.3, 0.4) is 0 Å². The third-order valence-electron chi connectivity index (χ3n) is 4.82. The van der Waals surface area contributed by atoms with Gasteiger partial charge in [-0.25, -0.2) is 0 Å². The van der Waals surface area contributed by atoms with E-state index in [1.54, 1.807) is 20.8 Å². The van der Waals surface area contributed by atoms with Crippen molar-refractivity contribution in [2.75, 3.05) is 106 Å². The molecule has 0 aromatic heterocycles. The van der Waals surface area contributed by atoms with E-state index in [0.29, 0.717) is 85.9 Å². The predicted molar refractivity (Wildman–Crippen MR) is 148 cm³/mol. The number of rotatable bonds is 24. The van der Waals surface area contributed by atoms with Crippen LogP contribution in [0.2, 0.25) is 0 Å². The standard InChI is InChI=1S/C25H41Br2NO11/c1-25(2,3)24(31)39-19-18-38-17-16-37-15-14-36-13-12-35-11-10-34-9-8-33-7-6-32-5-4-28-22(29)20(26)21(27)23(28)30/h4-19H2,1-3H3. The third-order valence-corrected chi connectivity index (χ3v) is 6.83. The van der Waals surface area contributed by atoms with Crippen molar-refractivity contribution in [3.05, 3.63) is 8.96 Å². The Bertz CT molecular complexity index is 735. The molecule has 0 fully saturated rings. The van der Waals surface area contributed by atoms with Gasteiger partial charge in [0.2, 0.25) is 0 Å². The van der Waals surface area contributed by atoms with Crippen molar-refractivity contribution in [1.82, 2.24) is 4.90 Å². The Labute approximate surface area is 247 Å². The van der Waals surface area contributed by atoms with Crippen molar-refractivity contribution in [3.63, 3.8) is 0 Å². The number of halogens is 2. The van der Waals surface area contributed by atoms with Gasteiger partial charge in [-0.1, -0.05) is 0 Å². The molecule has 1 aliphatic heterocycles. The molecule has 0 saturated heterocycles. The molecule has 0 spiro atoms. The lowest BCUT2D eigenvalue weighted by atomic mass is 9.97. The van der Waals surface area contributed by atoms with Gasteiger partial charge in [-0.05, 0) is 52.6 Å². The number of imide groups is 1. The summed E-state index contributed by atoms with van der Waals surface area (Å²) in [4.78, 5) is 36.4. The maximum Gasteiger partial charge on any atom is 0.311 e. The molecular formula is C25H41Br2NO11. The van der Waals surface area contributed by atoms with E-state index in [4.69, 9.17) is 37.9 Å². The van der Waals surface area contributed by atoms with E-state index in [0.717, 1.165) is 4.90 Å². The predicted octanol–water partition coefficient (Wildman–Crippen LogP) is 2.06. The highest BCUT2D eigenvalue weighted by molar-refractivity contribution is 9.14. The molecule has 0 saturated carbocycles. The van der Waals surface area contributed by atoms with Crippen molar-refractivity contribution in [2.24, 2.45) is 5.41 Å². The van der Waals surface area contributed by atoms with Crippen LogP contribution in [0.15, 0.2) is 8.96 Å². The molecule has 2 amide bonds. The lowest BCUT2D eigenvalue weighted by molar-refractivity contribution is -0.154. The van der Waals surface area contributed by atoms with E-state index >= 15 is 0 Å². The second-order valence-corrected chi connectivity index (χ2v) is 10.6. The van der Waals surface area contributed by atoms with E-state index in [-0.39, 0.29) is 46.5 Å². The van der Waals surface area contributed by atoms with Crippen LogP contribution in [0.25, 0.3) is 0 Å². The fourth-order valence-electron chi connectivity index (χ4n) is 2.71. The van der Waals surface area contributed by atoms with Gasteiger partial charge in [0.05, 0.1) is 104 Å². The van der Waals surface area contributed by atoms with Gasteiger partial charge in [0.15, 0.2) is 0 Å². The van der Waals surface area contributed by atoms with Crippen molar-refractivity contribution >= 4 is 49.6 Å². The maximum absolute atomic E-state index is 11.9. The summed E-state index contributed by atoms with van der Waals surface area (Å²) in [7, 11) is 0. The topological polar surface area (TPSA) is 128 Å². The zero-order valence-corrected chi connectivity index (χ0v) is 26.2. The highest BCUT2D eigenvalue weighted by atomic mass is 79.9. The minimum atomic E-state index is -0.504. The van der Waals surface area contributed by atoms with E-state index in [2.05, 4.69) is 31.9 Å². The molecule has 0 unspecified atom stereocenters. The number of hydrogen-bond acceptors (Lipinski definition) is 11. The van der Waals surface area contributed by atoms with E-state index in [1.807, 2.05) is 0 Å². The monoisotopic (exact) mass is 689 g/mol. The number of amides is 2. The van der Waals surface area contributed by atoms with Gasteiger partial charge in [-0.15, -0.1) is 0 Å². The summed E-state index contributed by atoms with van der Waals surface area (Å²) in [5, 5.41) is 0. The highest BCUT2D eigenvalue weighted by Crippen LogP contribution is 2.29. The molecule has 0 aromatic rings. The summed E-state index contributed by atoms with van der Waals surface area (Å²) in [5.74, 6) is -0.995. The van der Waals surface area contributed by atoms with Crippen LogP contribution >= 0.6 is 31.9 Å². The van der Waals surface area contributed by atoms with Gasteiger partial charge in [-0.2, -0.15) is 0 Å². The van der Waals surface area contributed by atoms with Gasteiger partial charge in [0.25, 0.3) is 11.8 Å². The lowest BCUT2D eigenvalue weighted by Crippen LogP contribution is -2.34. The number of hydrogen-bond donors (Lipinski definition) is 0. The van der Waals surface area contributed by atoms with Crippen LogP contribution in [-0.2, 0) is 52.3 Å². The van der Waals surface area contributed by atoms with Crippen molar-refractivity contribution < 1.29 is 52.3 Å². The minimum absolute atomic E-state index is 0.180. The number of carbonyl (C=O) groups excluding carboxylic acids is 3. The van der Waals surface area contributed by atoms with Crippen LogP contribution in [-0.4, -0.2) is 128 Å². The number of carbonyl (C=O) groups is 3. The summed E-state index contributed by atoms with van der Waals surface area (Å²) in [6.07, 6.45) is 0. The SMILES string of the molecule is CC(C)(C)C(=O)OCCOCCOCCOCCOCCOCCOCCOCCN1C(=O)C(Br)=C(Br)C1=O.